The molecule has 6 heteroatoms. The van der Waals surface area contributed by atoms with Gasteiger partial charge in [0, 0.05) is 24.8 Å². The van der Waals surface area contributed by atoms with E-state index in [-0.39, 0.29) is 5.91 Å². The highest BCUT2D eigenvalue weighted by molar-refractivity contribution is 5.97. The predicted octanol–water partition coefficient (Wildman–Crippen LogP) is 3.70. The van der Waals surface area contributed by atoms with Crippen LogP contribution < -0.4 is 10.6 Å². The highest BCUT2D eigenvalue weighted by Crippen LogP contribution is 2.36. The van der Waals surface area contributed by atoms with Crippen LogP contribution in [-0.2, 0) is 12.6 Å². The Bertz CT molecular complexity index is 752. The molecule has 2 N–H and O–H groups in total. The summed E-state index contributed by atoms with van der Waals surface area (Å²) >= 11 is 0. The van der Waals surface area contributed by atoms with Gasteiger partial charge in [0.1, 0.15) is 0 Å². The summed E-state index contributed by atoms with van der Waals surface area (Å²) in [6.07, 6.45) is -3.58. The van der Waals surface area contributed by atoms with Crippen molar-refractivity contribution < 1.29 is 18.0 Å². The third-order valence-electron chi connectivity index (χ3n) is 3.95. The van der Waals surface area contributed by atoms with Gasteiger partial charge in [-0.05, 0) is 47.4 Å². The van der Waals surface area contributed by atoms with Crippen LogP contribution in [-0.4, -0.2) is 19.5 Å². The number of hydrogen-bond donors (Lipinski definition) is 2. The van der Waals surface area contributed by atoms with E-state index in [1.54, 1.807) is 19.2 Å². The molecule has 3 rings (SSSR count). The molecule has 120 valence electrons. The Hall–Kier alpha value is -2.50. The molecule has 2 aromatic rings. The first kappa shape index (κ1) is 15.4. The van der Waals surface area contributed by atoms with Gasteiger partial charge in [-0.3, -0.25) is 4.79 Å². The maximum absolute atomic E-state index is 12.7. The molecule has 0 atom stereocenters. The predicted molar refractivity (Wildman–Crippen MR) is 82.5 cm³/mol. The molecular weight excluding hydrogens is 305 g/mol. The Morgan fingerprint density at radius 1 is 1.17 bits per heavy atom. The maximum Gasteiger partial charge on any atom is 0.416 e. The lowest BCUT2D eigenvalue weighted by Crippen LogP contribution is -2.18. The quantitative estimate of drug-likeness (QED) is 0.886. The highest BCUT2D eigenvalue weighted by atomic mass is 19.4. The Kier molecular flexibility index (Phi) is 3.75. The van der Waals surface area contributed by atoms with E-state index in [0.717, 1.165) is 41.9 Å². The Labute approximate surface area is 131 Å². The van der Waals surface area contributed by atoms with E-state index in [2.05, 4.69) is 10.6 Å². The number of anilines is 1. The molecule has 1 amide bonds. The number of carbonyl (C=O) groups excluding carboxylic acids is 1. The fourth-order valence-corrected chi connectivity index (χ4v) is 2.79. The Morgan fingerprint density at radius 2 is 1.87 bits per heavy atom. The molecule has 0 bridgehead atoms. The molecule has 0 aromatic heterocycles. The zero-order valence-electron chi connectivity index (χ0n) is 12.4. The summed E-state index contributed by atoms with van der Waals surface area (Å²) in [5, 5.41) is 5.77. The number of amides is 1. The monoisotopic (exact) mass is 320 g/mol. The van der Waals surface area contributed by atoms with E-state index in [9.17, 15) is 18.0 Å². The minimum Gasteiger partial charge on any atom is -0.384 e. The molecule has 3 nitrogen and oxygen atoms in total. The van der Waals surface area contributed by atoms with Crippen molar-refractivity contribution in [1.82, 2.24) is 5.32 Å². The molecule has 0 fully saturated rings. The molecule has 0 aliphatic carbocycles. The fourth-order valence-electron chi connectivity index (χ4n) is 2.79. The zero-order valence-corrected chi connectivity index (χ0v) is 12.4. The molecule has 0 spiro atoms. The summed E-state index contributed by atoms with van der Waals surface area (Å²) in [6.45, 7) is 0.750. The molecular formula is C17H15F3N2O. The van der Waals surface area contributed by atoms with Crippen LogP contribution in [0.5, 0.6) is 0 Å². The van der Waals surface area contributed by atoms with Crippen LogP contribution in [0.15, 0.2) is 36.4 Å². The van der Waals surface area contributed by atoms with E-state index in [1.807, 2.05) is 0 Å². The SMILES string of the molecule is CNC(=O)c1cc2c(c(-c3ccc(C(F)(F)F)cc3)c1)CCN2. The van der Waals surface area contributed by atoms with Gasteiger partial charge in [-0.2, -0.15) is 13.2 Å². The summed E-state index contributed by atoms with van der Waals surface area (Å²) in [5.74, 6) is -0.227. The lowest BCUT2D eigenvalue weighted by Gasteiger charge is -2.13. The Morgan fingerprint density at radius 3 is 2.48 bits per heavy atom. The molecule has 0 unspecified atom stereocenters. The molecule has 0 radical (unpaired) electrons. The van der Waals surface area contributed by atoms with Gasteiger partial charge < -0.3 is 10.6 Å². The largest absolute Gasteiger partial charge is 0.416 e. The Balaban J connectivity index is 2.08. The summed E-state index contributed by atoms with van der Waals surface area (Å²) in [4.78, 5) is 11.9. The van der Waals surface area contributed by atoms with Gasteiger partial charge in [0.2, 0.25) is 0 Å². The molecule has 2 aromatic carbocycles. The number of alkyl halides is 3. The van der Waals surface area contributed by atoms with Gasteiger partial charge in [0.25, 0.3) is 5.91 Å². The van der Waals surface area contributed by atoms with E-state index in [0.29, 0.717) is 11.1 Å². The van der Waals surface area contributed by atoms with Crippen LogP contribution in [0.1, 0.15) is 21.5 Å². The van der Waals surface area contributed by atoms with E-state index < -0.39 is 11.7 Å². The van der Waals surface area contributed by atoms with Gasteiger partial charge in [0.15, 0.2) is 0 Å². The molecule has 1 aliphatic rings. The number of hydrogen-bond acceptors (Lipinski definition) is 2. The van der Waals surface area contributed by atoms with E-state index in [4.69, 9.17) is 0 Å². The minimum absolute atomic E-state index is 0.227. The van der Waals surface area contributed by atoms with Crippen molar-refractivity contribution in [2.24, 2.45) is 0 Å². The highest BCUT2D eigenvalue weighted by Gasteiger charge is 2.30. The van der Waals surface area contributed by atoms with Crippen LogP contribution in [0.3, 0.4) is 0 Å². The summed E-state index contributed by atoms with van der Waals surface area (Å²) in [5.41, 5.74) is 3.15. The number of halogens is 3. The molecule has 0 saturated heterocycles. The van der Waals surface area contributed by atoms with Crippen molar-refractivity contribution in [1.29, 1.82) is 0 Å². The molecule has 1 aliphatic heterocycles. The third kappa shape index (κ3) is 2.88. The first-order valence-corrected chi connectivity index (χ1v) is 7.20. The van der Waals surface area contributed by atoms with E-state index >= 15 is 0 Å². The van der Waals surface area contributed by atoms with E-state index in [1.165, 1.54) is 12.1 Å². The zero-order chi connectivity index (χ0) is 16.6. The second-order valence-electron chi connectivity index (χ2n) is 5.38. The minimum atomic E-state index is -4.36. The lowest BCUT2D eigenvalue weighted by atomic mass is 9.94. The summed E-state index contributed by atoms with van der Waals surface area (Å²) in [6, 6.07) is 8.53. The van der Waals surface area contributed by atoms with Crippen LogP contribution in [0.4, 0.5) is 18.9 Å². The molecule has 0 saturated carbocycles. The fraction of sp³-hybridized carbons (Fsp3) is 0.235. The number of nitrogens with one attached hydrogen (secondary N) is 2. The normalized spacial score (nSPS) is 13.4. The van der Waals surface area contributed by atoms with Crippen molar-refractivity contribution in [3.05, 3.63) is 53.1 Å². The average Bonchev–Trinajstić information content (AvgIpc) is 3.01. The average molecular weight is 320 g/mol. The van der Waals surface area contributed by atoms with Crippen molar-refractivity contribution in [3.63, 3.8) is 0 Å². The van der Waals surface area contributed by atoms with Crippen LogP contribution in [0.25, 0.3) is 11.1 Å². The first-order valence-electron chi connectivity index (χ1n) is 7.20. The smallest absolute Gasteiger partial charge is 0.384 e. The third-order valence-corrected chi connectivity index (χ3v) is 3.95. The van der Waals surface area contributed by atoms with Crippen LogP contribution in [0, 0.1) is 0 Å². The van der Waals surface area contributed by atoms with Crippen molar-refractivity contribution in [2.45, 2.75) is 12.6 Å². The topological polar surface area (TPSA) is 41.1 Å². The summed E-state index contributed by atoms with van der Waals surface area (Å²) in [7, 11) is 1.54. The van der Waals surface area contributed by atoms with Crippen molar-refractivity contribution in [2.75, 3.05) is 18.9 Å². The lowest BCUT2D eigenvalue weighted by molar-refractivity contribution is -0.137. The standard InChI is InChI=1S/C17H15F3N2O/c1-21-16(23)11-8-14(13-6-7-22-15(13)9-11)10-2-4-12(5-3-10)17(18,19)20/h2-5,8-9,22H,6-7H2,1H3,(H,21,23). The van der Waals surface area contributed by atoms with Gasteiger partial charge in [0.05, 0.1) is 5.56 Å². The molecule has 23 heavy (non-hydrogen) atoms. The number of fused-ring (bicyclic) bond motifs is 1. The number of carbonyl (C=O) groups is 1. The summed E-state index contributed by atoms with van der Waals surface area (Å²) < 4.78 is 38.1. The van der Waals surface area contributed by atoms with Gasteiger partial charge in [-0.15, -0.1) is 0 Å². The second-order valence-corrected chi connectivity index (χ2v) is 5.38. The van der Waals surface area contributed by atoms with Crippen LogP contribution in [0.2, 0.25) is 0 Å². The first-order chi connectivity index (χ1) is 10.9. The van der Waals surface area contributed by atoms with Gasteiger partial charge in [-0.25, -0.2) is 0 Å². The maximum atomic E-state index is 12.7. The number of rotatable bonds is 2. The van der Waals surface area contributed by atoms with Crippen molar-refractivity contribution >= 4 is 11.6 Å². The molecule has 1 heterocycles. The number of benzene rings is 2. The van der Waals surface area contributed by atoms with Crippen LogP contribution >= 0.6 is 0 Å². The van der Waals surface area contributed by atoms with Gasteiger partial charge in [-0.1, -0.05) is 12.1 Å². The van der Waals surface area contributed by atoms with Crippen molar-refractivity contribution in [3.8, 4) is 11.1 Å². The second kappa shape index (κ2) is 5.61. The van der Waals surface area contributed by atoms with Gasteiger partial charge >= 0.3 is 6.18 Å².